The Morgan fingerprint density at radius 1 is 1.00 bits per heavy atom. The predicted octanol–water partition coefficient (Wildman–Crippen LogP) is 6.86. The van der Waals surface area contributed by atoms with E-state index in [0.29, 0.717) is 0 Å². The van der Waals surface area contributed by atoms with E-state index in [2.05, 4.69) is 49.4 Å². The summed E-state index contributed by atoms with van der Waals surface area (Å²) < 4.78 is 5.34. The molecule has 1 saturated carbocycles. The molecule has 25 heavy (non-hydrogen) atoms. The number of allylic oxidation sites excluding steroid dienone is 2. The molecule has 0 heterocycles. The fourth-order valence-corrected chi connectivity index (χ4v) is 5.08. The van der Waals surface area contributed by atoms with Crippen molar-refractivity contribution in [2.45, 2.75) is 51.9 Å². The SMILES string of the molecule is CCCC1CCC2C=C(c3ccc4cc(OC)ccc4c3)CCC2C1. The average molecular weight is 335 g/mol. The van der Waals surface area contributed by atoms with Crippen molar-refractivity contribution >= 4 is 16.3 Å². The molecule has 4 rings (SSSR count). The maximum atomic E-state index is 5.34. The second-order valence-corrected chi connectivity index (χ2v) is 8.05. The van der Waals surface area contributed by atoms with Gasteiger partial charge in [0.25, 0.3) is 0 Å². The van der Waals surface area contributed by atoms with Gasteiger partial charge in [0.1, 0.15) is 5.75 Å². The van der Waals surface area contributed by atoms with Crippen LogP contribution in [0, 0.1) is 17.8 Å². The van der Waals surface area contributed by atoms with Crippen LogP contribution in [-0.2, 0) is 0 Å². The van der Waals surface area contributed by atoms with Crippen LogP contribution >= 0.6 is 0 Å². The van der Waals surface area contributed by atoms with Gasteiger partial charge in [-0.2, -0.15) is 0 Å². The van der Waals surface area contributed by atoms with Gasteiger partial charge in [0, 0.05) is 0 Å². The van der Waals surface area contributed by atoms with Crippen LogP contribution in [0.4, 0.5) is 0 Å². The number of hydrogen-bond donors (Lipinski definition) is 0. The number of methoxy groups -OCH3 is 1. The number of fused-ring (bicyclic) bond motifs is 2. The zero-order valence-corrected chi connectivity index (χ0v) is 15.6. The molecule has 2 aromatic rings. The van der Waals surface area contributed by atoms with Crippen molar-refractivity contribution in [2.24, 2.45) is 17.8 Å². The zero-order chi connectivity index (χ0) is 17.2. The Hall–Kier alpha value is -1.76. The Morgan fingerprint density at radius 3 is 2.68 bits per heavy atom. The summed E-state index contributed by atoms with van der Waals surface area (Å²) in [5.74, 6) is 3.70. The van der Waals surface area contributed by atoms with Gasteiger partial charge in [-0.15, -0.1) is 0 Å². The van der Waals surface area contributed by atoms with Gasteiger partial charge in [0.2, 0.25) is 0 Å². The van der Waals surface area contributed by atoms with E-state index in [-0.39, 0.29) is 0 Å². The normalized spacial score (nSPS) is 26.2. The van der Waals surface area contributed by atoms with Gasteiger partial charge < -0.3 is 4.74 Å². The molecule has 0 N–H and O–H groups in total. The second-order valence-electron chi connectivity index (χ2n) is 8.05. The second kappa shape index (κ2) is 7.23. The monoisotopic (exact) mass is 334 g/mol. The first-order valence-electron chi connectivity index (χ1n) is 10.1. The molecular formula is C24H30O. The van der Waals surface area contributed by atoms with Crippen molar-refractivity contribution in [2.75, 3.05) is 7.11 Å². The average Bonchev–Trinajstić information content (AvgIpc) is 2.67. The lowest BCUT2D eigenvalue weighted by atomic mass is 9.67. The van der Waals surface area contributed by atoms with Crippen molar-refractivity contribution in [3.05, 3.63) is 48.0 Å². The van der Waals surface area contributed by atoms with Gasteiger partial charge in [-0.25, -0.2) is 0 Å². The minimum atomic E-state index is 0.823. The molecular weight excluding hydrogens is 304 g/mol. The van der Waals surface area contributed by atoms with Crippen molar-refractivity contribution in [1.82, 2.24) is 0 Å². The van der Waals surface area contributed by atoms with Crippen LogP contribution in [0.5, 0.6) is 5.75 Å². The predicted molar refractivity (Wildman–Crippen MR) is 107 cm³/mol. The Labute approximate surface area is 152 Å². The van der Waals surface area contributed by atoms with E-state index in [0.717, 1.165) is 23.5 Å². The van der Waals surface area contributed by atoms with Crippen LogP contribution in [0.3, 0.4) is 0 Å². The summed E-state index contributed by atoms with van der Waals surface area (Å²) in [5.41, 5.74) is 3.00. The molecule has 1 fully saturated rings. The first-order chi connectivity index (χ1) is 12.3. The molecule has 0 aliphatic heterocycles. The van der Waals surface area contributed by atoms with Crippen LogP contribution in [-0.4, -0.2) is 7.11 Å². The summed E-state index contributed by atoms with van der Waals surface area (Å²) in [4.78, 5) is 0. The highest BCUT2D eigenvalue weighted by Gasteiger charge is 2.31. The van der Waals surface area contributed by atoms with E-state index < -0.39 is 0 Å². The molecule has 0 saturated heterocycles. The molecule has 1 nitrogen and oxygen atoms in total. The molecule has 1 heteroatoms. The van der Waals surface area contributed by atoms with Crippen LogP contribution < -0.4 is 4.74 Å². The van der Waals surface area contributed by atoms with Crippen molar-refractivity contribution < 1.29 is 4.74 Å². The third-order valence-corrected chi connectivity index (χ3v) is 6.46. The summed E-state index contributed by atoms with van der Waals surface area (Å²) in [7, 11) is 1.73. The first kappa shape index (κ1) is 16.7. The van der Waals surface area contributed by atoms with E-state index in [1.165, 1.54) is 61.3 Å². The van der Waals surface area contributed by atoms with Gasteiger partial charge in [0.05, 0.1) is 7.11 Å². The van der Waals surface area contributed by atoms with Gasteiger partial charge in [0.15, 0.2) is 0 Å². The Balaban J connectivity index is 1.55. The molecule has 0 radical (unpaired) electrons. The fraction of sp³-hybridized carbons (Fsp3) is 0.500. The highest BCUT2D eigenvalue weighted by Crippen LogP contribution is 2.45. The molecule has 2 aliphatic rings. The van der Waals surface area contributed by atoms with E-state index in [1.54, 1.807) is 12.7 Å². The van der Waals surface area contributed by atoms with E-state index >= 15 is 0 Å². The van der Waals surface area contributed by atoms with Gasteiger partial charge in [-0.3, -0.25) is 0 Å². The lowest BCUT2D eigenvalue weighted by Crippen LogP contribution is -2.26. The minimum absolute atomic E-state index is 0.823. The number of rotatable bonds is 4. The zero-order valence-electron chi connectivity index (χ0n) is 15.6. The van der Waals surface area contributed by atoms with Crippen LogP contribution in [0.15, 0.2) is 42.5 Å². The maximum absolute atomic E-state index is 5.34. The summed E-state index contributed by atoms with van der Waals surface area (Å²) in [6.45, 7) is 2.33. The third-order valence-electron chi connectivity index (χ3n) is 6.46. The molecule has 132 valence electrons. The smallest absolute Gasteiger partial charge is 0.119 e. The lowest BCUT2D eigenvalue weighted by Gasteiger charge is -2.38. The highest BCUT2D eigenvalue weighted by atomic mass is 16.5. The molecule has 0 aromatic heterocycles. The van der Waals surface area contributed by atoms with Crippen molar-refractivity contribution in [1.29, 1.82) is 0 Å². The molecule has 0 bridgehead atoms. The maximum Gasteiger partial charge on any atom is 0.119 e. The van der Waals surface area contributed by atoms with Crippen molar-refractivity contribution in [3.63, 3.8) is 0 Å². The van der Waals surface area contributed by atoms with E-state index in [4.69, 9.17) is 4.74 Å². The van der Waals surface area contributed by atoms with Crippen LogP contribution in [0.1, 0.15) is 57.4 Å². The molecule has 2 aromatic carbocycles. The number of ether oxygens (including phenoxy) is 1. The number of hydrogen-bond acceptors (Lipinski definition) is 1. The molecule has 0 spiro atoms. The minimum Gasteiger partial charge on any atom is -0.497 e. The van der Waals surface area contributed by atoms with Gasteiger partial charge in [-0.05, 0) is 90.0 Å². The Morgan fingerprint density at radius 2 is 1.84 bits per heavy atom. The lowest BCUT2D eigenvalue weighted by molar-refractivity contribution is 0.190. The summed E-state index contributed by atoms with van der Waals surface area (Å²) in [6.07, 6.45) is 12.4. The quantitative estimate of drug-likeness (QED) is 0.593. The van der Waals surface area contributed by atoms with Gasteiger partial charge >= 0.3 is 0 Å². The molecule has 0 amide bonds. The number of benzene rings is 2. The van der Waals surface area contributed by atoms with Crippen LogP contribution in [0.25, 0.3) is 16.3 Å². The van der Waals surface area contributed by atoms with E-state index in [1.807, 2.05) is 0 Å². The van der Waals surface area contributed by atoms with Gasteiger partial charge in [-0.1, -0.05) is 44.0 Å². The largest absolute Gasteiger partial charge is 0.497 e. The fourth-order valence-electron chi connectivity index (χ4n) is 5.08. The highest BCUT2D eigenvalue weighted by molar-refractivity contribution is 5.87. The molecule has 3 unspecified atom stereocenters. The van der Waals surface area contributed by atoms with Crippen molar-refractivity contribution in [3.8, 4) is 5.75 Å². The first-order valence-corrected chi connectivity index (χ1v) is 10.1. The summed E-state index contributed by atoms with van der Waals surface area (Å²) in [5, 5.41) is 2.57. The van der Waals surface area contributed by atoms with E-state index in [9.17, 15) is 0 Å². The molecule has 2 aliphatic carbocycles. The standard InChI is InChI=1S/C24H30O/c1-3-4-17-5-6-19-14-20(8-7-18(19)13-17)21-9-10-23-16-24(25-2)12-11-22(23)15-21/h9-12,14-19H,3-8,13H2,1-2H3. The van der Waals surface area contributed by atoms with Crippen LogP contribution in [0.2, 0.25) is 0 Å². The molecule has 3 atom stereocenters. The summed E-state index contributed by atoms with van der Waals surface area (Å²) >= 11 is 0. The Bertz CT molecular complexity index is 773. The topological polar surface area (TPSA) is 9.23 Å². The third kappa shape index (κ3) is 3.47. The Kier molecular flexibility index (Phi) is 4.83. The summed E-state index contributed by atoms with van der Waals surface area (Å²) in [6, 6.07) is 13.3.